The molecular formula is C37H42O10. The van der Waals surface area contributed by atoms with Gasteiger partial charge in [0.2, 0.25) is 0 Å². The number of hydrogen-bond acceptors (Lipinski definition) is 10. The van der Waals surface area contributed by atoms with Gasteiger partial charge in [-0.3, -0.25) is 4.79 Å². The van der Waals surface area contributed by atoms with Gasteiger partial charge in [0, 0.05) is 6.08 Å². The quantitative estimate of drug-likeness (QED) is 0.0364. The second kappa shape index (κ2) is 20.8. The molecule has 0 N–H and O–H groups in total. The Labute approximate surface area is 275 Å². The van der Waals surface area contributed by atoms with E-state index in [0.717, 1.165) is 57.4 Å². The molecule has 0 radical (unpaired) electrons. The molecule has 3 aromatic rings. The minimum absolute atomic E-state index is 0.323. The Morgan fingerprint density at radius 2 is 1.11 bits per heavy atom. The van der Waals surface area contributed by atoms with Crippen LogP contribution in [0.3, 0.4) is 0 Å². The number of hydrogen-bond donors (Lipinski definition) is 0. The third-order valence-electron chi connectivity index (χ3n) is 6.95. The maximum atomic E-state index is 12.7. The summed E-state index contributed by atoms with van der Waals surface area (Å²) in [5, 5.41) is 0. The molecule has 3 rings (SSSR count). The van der Waals surface area contributed by atoms with Gasteiger partial charge in [-0.25, -0.2) is 14.4 Å². The van der Waals surface area contributed by atoms with E-state index in [1.54, 1.807) is 73.7 Å². The molecule has 0 unspecified atom stereocenters. The van der Waals surface area contributed by atoms with Crippen LogP contribution in [0, 0.1) is 6.92 Å². The summed E-state index contributed by atoms with van der Waals surface area (Å²) in [4.78, 5) is 46.5. The SMILES string of the molecule is C=CC(=O)OCCCCCCOc1ccc(C(=O)Oc2ccc(OC(=O)c3ccc(OCCCCCCOC=O)cc3)cc2C)cc1. The molecule has 3 aromatic carbocycles. The van der Waals surface area contributed by atoms with Crippen LogP contribution < -0.4 is 18.9 Å². The van der Waals surface area contributed by atoms with E-state index in [-0.39, 0.29) is 0 Å². The Bertz CT molecular complexity index is 1430. The van der Waals surface area contributed by atoms with Gasteiger partial charge in [-0.15, -0.1) is 0 Å². The molecule has 0 atom stereocenters. The van der Waals surface area contributed by atoms with Gasteiger partial charge in [-0.1, -0.05) is 6.58 Å². The van der Waals surface area contributed by atoms with Crippen LogP contribution >= 0.6 is 0 Å². The molecule has 0 saturated carbocycles. The van der Waals surface area contributed by atoms with E-state index in [1.165, 1.54) is 0 Å². The van der Waals surface area contributed by atoms with Crippen LogP contribution in [0.5, 0.6) is 23.0 Å². The van der Waals surface area contributed by atoms with E-state index in [4.69, 9.17) is 23.7 Å². The molecule has 0 aliphatic carbocycles. The summed E-state index contributed by atoms with van der Waals surface area (Å²) in [7, 11) is 0. The number of benzene rings is 3. The van der Waals surface area contributed by atoms with Crippen LogP contribution in [0.25, 0.3) is 0 Å². The van der Waals surface area contributed by atoms with Crippen molar-refractivity contribution in [1.29, 1.82) is 0 Å². The van der Waals surface area contributed by atoms with Gasteiger partial charge in [-0.2, -0.15) is 0 Å². The van der Waals surface area contributed by atoms with Gasteiger partial charge in [0.1, 0.15) is 23.0 Å². The summed E-state index contributed by atoms with van der Waals surface area (Å²) < 4.78 is 32.2. The Morgan fingerprint density at radius 1 is 0.617 bits per heavy atom. The van der Waals surface area contributed by atoms with Crippen LogP contribution in [0.2, 0.25) is 0 Å². The zero-order valence-electron chi connectivity index (χ0n) is 26.8. The predicted octanol–water partition coefficient (Wildman–Crippen LogP) is 7.21. The molecule has 0 aliphatic rings. The van der Waals surface area contributed by atoms with Gasteiger partial charge in [0.15, 0.2) is 0 Å². The number of carbonyl (C=O) groups excluding carboxylic acids is 4. The standard InChI is InChI=1S/C37H42O10/c1-3-35(39)45-25-11-7-6-10-24-44-32-18-14-30(15-19-32)37(41)47-34-21-20-33(26-28(34)2)46-36(40)29-12-16-31(17-13-29)43-23-9-5-4-8-22-42-27-38/h3,12-21,26-27H,1,4-11,22-25H2,2H3. The lowest BCUT2D eigenvalue weighted by atomic mass is 10.2. The first-order chi connectivity index (χ1) is 22.9. The summed E-state index contributed by atoms with van der Waals surface area (Å²) in [5.74, 6) is 0.535. The molecule has 250 valence electrons. The molecule has 0 heterocycles. The fourth-order valence-corrected chi connectivity index (χ4v) is 4.36. The van der Waals surface area contributed by atoms with Gasteiger partial charge in [-0.05, 0) is 131 Å². The predicted molar refractivity (Wildman–Crippen MR) is 175 cm³/mol. The average Bonchev–Trinajstić information content (AvgIpc) is 3.08. The first kappa shape index (κ1) is 36.3. The fraction of sp³-hybridized carbons (Fsp3) is 0.351. The molecule has 10 heteroatoms. The molecule has 0 aromatic heterocycles. The van der Waals surface area contributed by atoms with Crippen molar-refractivity contribution in [3.05, 3.63) is 96.1 Å². The van der Waals surface area contributed by atoms with E-state index in [2.05, 4.69) is 11.3 Å². The second-order valence-electron chi connectivity index (χ2n) is 10.6. The highest BCUT2D eigenvalue weighted by Crippen LogP contribution is 2.26. The van der Waals surface area contributed by atoms with Crippen molar-refractivity contribution < 1.29 is 47.6 Å². The number of unbranched alkanes of at least 4 members (excludes halogenated alkanes) is 6. The van der Waals surface area contributed by atoms with Crippen LogP contribution in [-0.4, -0.2) is 50.8 Å². The summed E-state index contributed by atoms with van der Waals surface area (Å²) in [6, 6.07) is 18.2. The average molecular weight is 647 g/mol. The van der Waals surface area contributed by atoms with E-state index in [0.29, 0.717) is 72.6 Å². The van der Waals surface area contributed by atoms with Crippen molar-refractivity contribution in [2.45, 2.75) is 58.3 Å². The lowest BCUT2D eigenvalue weighted by Gasteiger charge is -2.11. The normalized spacial score (nSPS) is 10.4. The first-order valence-electron chi connectivity index (χ1n) is 15.7. The van der Waals surface area contributed by atoms with E-state index in [1.807, 2.05) is 0 Å². The van der Waals surface area contributed by atoms with E-state index < -0.39 is 17.9 Å². The zero-order valence-corrected chi connectivity index (χ0v) is 26.8. The molecule has 0 fully saturated rings. The van der Waals surface area contributed by atoms with Crippen LogP contribution in [0.4, 0.5) is 0 Å². The minimum Gasteiger partial charge on any atom is -0.494 e. The maximum absolute atomic E-state index is 12.7. The molecule has 0 aliphatic heterocycles. The summed E-state index contributed by atoms with van der Waals surface area (Å²) in [6.07, 6.45) is 8.30. The van der Waals surface area contributed by atoms with Crippen molar-refractivity contribution in [3.63, 3.8) is 0 Å². The molecule has 0 saturated heterocycles. The number of esters is 3. The molecule has 0 bridgehead atoms. The Kier molecular flexibility index (Phi) is 16.1. The highest BCUT2D eigenvalue weighted by atomic mass is 16.5. The summed E-state index contributed by atoms with van der Waals surface area (Å²) >= 11 is 0. The van der Waals surface area contributed by atoms with Crippen molar-refractivity contribution in [1.82, 2.24) is 0 Å². The number of ether oxygens (including phenoxy) is 6. The number of carbonyl (C=O) groups is 4. The summed E-state index contributed by atoms with van der Waals surface area (Å²) in [6.45, 7) is 7.50. The van der Waals surface area contributed by atoms with Gasteiger partial charge in [0.25, 0.3) is 6.47 Å². The third kappa shape index (κ3) is 13.8. The first-order valence-corrected chi connectivity index (χ1v) is 15.7. The van der Waals surface area contributed by atoms with Crippen molar-refractivity contribution in [2.24, 2.45) is 0 Å². The van der Waals surface area contributed by atoms with Crippen molar-refractivity contribution >= 4 is 24.4 Å². The largest absolute Gasteiger partial charge is 0.494 e. The van der Waals surface area contributed by atoms with E-state index in [9.17, 15) is 19.2 Å². The maximum Gasteiger partial charge on any atom is 0.343 e. The van der Waals surface area contributed by atoms with Gasteiger partial charge >= 0.3 is 17.9 Å². The number of rotatable bonds is 22. The van der Waals surface area contributed by atoms with Crippen LogP contribution in [-0.2, 0) is 19.1 Å². The topological polar surface area (TPSA) is 124 Å². The van der Waals surface area contributed by atoms with Gasteiger partial charge < -0.3 is 28.4 Å². The van der Waals surface area contributed by atoms with Gasteiger partial charge in [0.05, 0.1) is 37.6 Å². The lowest BCUT2D eigenvalue weighted by Crippen LogP contribution is -2.10. The second-order valence-corrected chi connectivity index (χ2v) is 10.6. The van der Waals surface area contributed by atoms with Crippen LogP contribution in [0.15, 0.2) is 79.4 Å². The Morgan fingerprint density at radius 3 is 1.62 bits per heavy atom. The lowest BCUT2D eigenvalue weighted by molar-refractivity contribution is -0.137. The molecule has 10 nitrogen and oxygen atoms in total. The van der Waals surface area contributed by atoms with Crippen molar-refractivity contribution in [2.75, 3.05) is 26.4 Å². The Hall–Kier alpha value is -5.12. The van der Waals surface area contributed by atoms with Crippen LogP contribution in [0.1, 0.15) is 77.6 Å². The third-order valence-corrected chi connectivity index (χ3v) is 6.95. The summed E-state index contributed by atoms with van der Waals surface area (Å²) in [5.41, 5.74) is 1.37. The molecule has 0 spiro atoms. The fourth-order valence-electron chi connectivity index (χ4n) is 4.36. The molecule has 0 amide bonds. The molecular weight excluding hydrogens is 604 g/mol. The zero-order chi connectivity index (χ0) is 33.7. The highest BCUT2D eigenvalue weighted by molar-refractivity contribution is 5.92. The van der Waals surface area contributed by atoms with E-state index >= 15 is 0 Å². The number of aryl methyl sites for hydroxylation is 1. The monoisotopic (exact) mass is 646 g/mol. The smallest absolute Gasteiger partial charge is 0.343 e. The minimum atomic E-state index is -0.521. The molecule has 47 heavy (non-hydrogen) atoms. The van der Waals surface area contributed by atoms with Crippen molar-refractivity contribution in [3.8, 4) is 23.0 Å². The Balaban J connectivity index is 1.37. The highest BCUT2D eigenvalue weighted by Gasteiger charge is 2.14.